The van der Waals surface area contributed by atoms with Crippen LogP contribution in [-0.4, -0.2) is 35.6 Å². The van der Waals surface area contributed by atoms with Crippen molar-refractivity contribution in [3.63, 3.8) is 0 Å². The Hall–Kier alpha value is -0.800. The summed E-state index contributed by atoms with van der Waals surface area (Å²) in [6.45, 7) is 5.81. The fourth-order valence-corrected chi connectivity index (χ4v) is 3.29. The van der Waals surface area contributed by atoms with E-state index in [2.05, 4.69) is 22.1 Å². The van der Waals surface area contributed by atoms with Crippen LogP contribution in [0.5, 0.6) is 0 Å². The van der Waals surface area contributed by atoms with E-state index in [-0.39, 0.29) is 0 Å². The molecule has 2 aliphatic heterocycles. The summed E-state index contributed by atoms with van der Waals surface area (Å²) < 4.78 is 0. The van der Waals surface area contributed by atoms with E-state index in [1.807, 2.05) is 6.07 Å². The first-order valence-electron chi connectivity index (χ1n) is 6.34. The molecule has 2 saturated heterocycles. The normalized spacial score (nSPS) is 31.5. The van der Waals surface area contributed by atoms with E-state index in [1.54, 1.807) is 6.20 Å². The van der Waals surface area contributed by atoms with Crippen molar-refractivity contribution in [2.24, 2.45) is 5.92 Å². The number of piperidine rings is 1. The Morgan fingerprint density at radius 1 is 1.41 bits per heavy atom. The number of halogens is 1. The quantitative estimate of drug-likeness (QED) is 0.819. The molecule has 1 aromatic heterocycles. The molecule has 17 heavy (non-hydrogen) atoms. The third-order valence-corrected chi connectivity index (χ3v) is 4.36. The van der Waals surface area contributed by atoms with Crippen LogP contribution in [-0.2, 0) is 0 Å². The fourth-order valence-electron chi connectivity index (χ4n) is 3.03. The second-order valence-electron chi connectivity index (χ2n) is 5.18. The van der Waals surface area contributed by atoms with Crippen molar-refractivity contribution >= 4 is 17.3 Å². The van der Waals surface area contributed by atoms with Gasteiger partial charge >= 0.3 is 0 Å². The van der Waals surface area contributed by atoms with Crippen molar-refractivity contribution in [2.75, 3.05) is 25.0 Å². The minimum Gasteiger partial charge on any atom is -0.379 e. The van der Waals surface area contributed by atoms with Gasteiger partial charge in [-0.15, -0.1) is 0 Å². The molecule has 3 heterocycles. The molecule has 1 aromatic rings. The second kappa shape index (κ2) is 4.46. The third kappa shape index (κ3) is 2.14. The van der Waals surface area contributed by atoms with E-state index in [4.69, 9.17) is 11.6 Å². The van der Waals surface area contributed by atoms with E-state index in [9.17, 15) is 0 Å². The van der Waals surface area contributed by atoms with Crippen molar-refractivity contribution in [1.29, 1.82) is 0 Å². The van der Waals surface area contributed by atoms with Crippen LogP contribution in [0.1, 0.15) is 18.4 Å². The lowest BCUT2D eigenvalue weighted by atomic mass is 9.94. The van der Waals surface area contributed by atoms with Crippen molar-refractivity contribution in [2.45, 2.75) is 25.8 Å². The summed E-state index contributed by atoms with van der Waals surface area (Å²) in [6, 6.07) is 2.58. The summed E-state index contributed by atoms with van der Waals surface area (Å²) in [4.78, 5) is 6.72. The first-order valence-corrected chi connectivity index (χ1v) is 6.72. The van der Waals surface area contributed by atoms with Crippen molar-refractivity contribution in [3.05, 3.63) is 23.0 Å². The molecule has 0 aliphatic carbocycles. The molecule has 2 bridgehead atoms. The Morgan fingerprint density at radius 2 is 2.24 bits per heavy atom. The average Bonchev–Trinajstić information content (AvgIpc) is 2.70. The molecule has 2 aliphatic rings. The molecule has 2 fully saturated rings. The Labute approximate surface area is 107 Å². The molecule has 4 heteroatoms. The third-order valence-electron chi connectivity index (χ3n) is 4.08. The molecule has 0 saturated carbocycles. The molecule has 3 unspecified atom stereocenters. The van der Waals surface area contributed by atoms with E-state index in [0.29, 0.717) is 11.2 Å². The predicted molar refractivity (Wildman–Crippen MR) is 70.6 cm³/mol. The van der Waals surface area contributed by atoms with Gasteiger partial charge in [-0.25, -0.2) is 4.98 Å². The zero-order valence-electron chi connectivity index (χ0n) is 10.1. The van der Waals surface area contributed by atoms with Gasteiger partial charge in [-0.05, 0) is 43.9 Å². The maximum absolute atomic E-state index is 6.17. The van der Waals surface area contributed by atoms with E-state index < -0.39 is 0 Å². The number of aromatic nitrogens is 1. The second-order valence-corrected chi connectivity index (χ2v) is 5.54. The Balaban J connectivity index is 1.78. The van der Waals surface area contributed by atoms with Crippen molar-refractivity contribution < 1.29 is 0 Å². The lowest BCUT2D eigenvalue weighted by Gasteiger charge is -2.32. The van der Waals surface area contributed by atoms with Gasteiger partial charge in [0.15, 0.2) is 5.15 Å². The fraction of sp³-hybridized carbons (Fsp3) is 0.615. The van der Waals surface area contributed by atoms with Crippen LogP contribution in [0.2, 0.25) is 5.15 Å². The number of fused-ring (bicyclic) bond motifs is 2. The molecular weight excluding hydrogens is 234 g/mol. The summed E-state index contributed by atoms with van der Waals surface area (Å²) in [5, 5.41) is 4.23. The zero-order chi connectivity index (χ0) is 11.8. The molecule has 3 rings (SSSR count). The molecule has 0 aromatic carbocycles. The molecular formula is C13H18ClN3. The molecule has 92 valence electrons. The Morgan fingerprint density at radius 3 is 3.06 bits per heavy atom. The first-order chi connectivity index (χ1) is 8.24. The molecule has 0 spiro atoms. The molecule has 1 N–H and O–H groups in total. The number of nitrogens with one attached hydrogen (secondary N) is 1. The highest BCUT2D eigenvalue weighted by atomic mass is 35.5. The monoisotopic (exact) mass is 251 g/mol. The molecule has 0 radical (unpaired) electrons. The lowest BCUT2D eigenvalue weighted by molar-refractivity contribution is 0.255. The molecule has 3 nitrogen and oxygen atoms in total. The van der Waals surface area contributed by atoms with Crippen molar-refractivity contribution in [3.8, 4) is 0 Å². The summed E-state index contributed by atoms with van der Waals surface area (Å²) in [7, 11) is 0. The number of hydrogen-bond donors (Lipinski definition) is 1. The summed E-state index contributed by atoms with van der Waals surface area (Å²) in [5.74, 6) is 0.777. The van der Waals surface area contributed by atoms with Crippen LogP contribution in [0.3, 0.4) is 0 Å². The molecule has 0 amide bonds. The Kier molecular flexibility index (Phi) is 2.97. The van der Waals surface area contributed by atoms with Gasteiger partial charge in [0.25, 0.3) is 0 Å². The number of aryl methyl sites for hydroxylation is 1. The summed E-state index contributed by atoms with van der Waals surface area (Å²) in [6.07, 6.45) is 4.30. The topological polar surface area (TPSA) is 28.2 Å². The zero-order valence-corrected chi connectivity index (χ0v) is 10.9. The number of rotatable bonds is 2. The number of nitrogens with zero attached hydrogens (tertiary/aromatic N) is 2. The van der Waals surface area contributed by atoms with Crippen LogP contribution in [0.15, 0.2) is 12.3 Å². The van der Waals surface area contributed by atoms with Crippen LogP contribution in [0.4, 0.5) is 5.69 Å². The first kappa shape index (κ1) is 11.3. The number of pyridine rings is 1. The highest BCUT2D eigenvalue weighted by Crippen LogP contribution is 2.32. The minimum atomic E-state index is 0.564. The minimum absolute atomic E-state index is 0.564. The maximum atomic E-state index is 6.17. The van der Waals surface area contributed by atoms with Gasteiger partial charge in [0.1, 0.15) is 0 Å². The van der Waals surface area contributed by atoms with Gasteiger partial charge in [0.05, 0.1) is 5.69 Å². The van der Waals surface area contributed by atoms with Crippen LogP contribution in [0.25, 0.3) is 0 Å². The Bertz CT molecular complexity index is 401. The highest BCUT2D eigenvalue weighted by Gasteiger charge is 2.34. The van der Waals surface area contributed by atoms with Gasteiger partial charge in [0, 0.05) is 25.3 Å². The van der Waals surface area contributed by atoms with Crippen molar-refractivity contribution in [1.82, 2.24) is 9.88 Å². The van der Waals surface area contributed by atoms with E-state index in [1.165, 1.54) is 38.0 Å². The van der Waals surface area contributed by atoms with Gasteiger partial charge in [-0.2, -0.15) is 0 Å². The number of anilines is 1. The van der Waals surface area contributed by atoms with Gasteiger partial charge in [-0.1, -0.05) is 11.6 Å². The van der Waals surface area contributed by atoms with Crippen LogP contribution < -0.4 is 5.32 Å². The van der Waals surface area contributed by atoms with E-state index >= 15 is 0 Å². The summed E-state index contributed by atoms with van der Waals surface area (Å²) in [5.41, 5.74) is 2.21. The predicted octanol–water partition coefficient (Wildman–Crippen LogP) is 2.55. The lowest BCUT2D eigenvalue weighted by Crippen LogP contribution is -2.39. The summed E-state index contributed by atoms with van der Waals surface area (Å²) >= 11 is 6.17. The molecule has 3 atom stereocenters. The van der Waals surface area contributed by atoms with Crippen LogP contribution >= 0.6 is 11.6 Å². The maximum Gasteiger partial charge on any atom is 0.152 e. The smallest absolute Gasteiger partial charge is 0.152 e. The van der Waals surface area contributed by atoms with Gasteiger partial charge in [-0.3, -0.25) is 0 Å². The average molecular weight is 252 g/mol. The SMILES string of the molecule is Cc1ccnc(Cl)c1NC1CCN2CCC1C2. The van der Waals surface area contributed by atoms with E-state index in [0.717, 1.165) is 11.6 Å². The largest absolute Gasteiger partial charge is 0.379 e. The highest BCUT2D eigenvalue weighted by molar-refractivity contribution is 6.32. The van der Waals surface area contributed by atoms with Gasteiger partial charge in [0.2, 0.25) is 0 Å². The van der Waals surface area contributed by atoms with Crippen LogP contribution in [0, 0.1) is 12.8 Å². The van der Waals surface area contributed by atoms with Gasteiger partial charge < -0.3 is 10.2 Å². The number of hydrogen-bond acceptors (Lipinski definition) is 3. The standard InChI is InChI=1S/C13H18ClN3/c1-9-2-5-15-13(14)12(9)16-11-4-7-17-6-3-10(11)8-17/h2,5,10-11,16H,3-4,6-8H2,1H3.